The summed E-state index contributed by atoms with van der Waals surface area (Å²) >= 11 is 1.31. The SMILES string of the molecule is CC(Cn1cnc([N+](=O)[O-])n1)=NNC(=O)c1cccs1. The molecule has 0 spiro atoms. The van der Waals surface area contributed by atoms with E-state index in [1.165, 1.54) is 22.3 Å². The second kappa shape index (κ2) is 6.02. The van der Waals surface area contributed by atoms with Crippen LogP contribution < -0.4 is 5.43 Å². The van der Waals surface area contributed by atoms with E-state index in [4.69, 9.17) is 0 Å². The second-order valence-electron chi connectivity index (χ2n) is 3.76. The van der Waals surface area contributed by atoms with Crippen LogP contribution in [0.3, 0.4) is 0 Å². The summed E-state index contributed by atoms with van der Waals surface area (Å²) in [6.45, 7) is 1.87. The maximum atomic E-state index is 11.6. The van der Waals surface area contributed by atoms with Crippen molar-refractivity contribution in [3.05, 3.63) is 38.8 Å². The van der Waals surface area contributed by atoms with Crippen LogP contribution in [0.5, 0.6) is 0 Å². The van der Waals surface area contributed by atoms with Crippen LogP contribution in [-0.2, 0) is 6.54 Å². The summed E-state index contributed by atoms with van der Waals surface area (Å²) in [5.74, 6) is -0.774. The minimum Gasteiger partial charge on any atom is -0.390 e. The lowest BCUT2D eigenvalue weighted by atomic mass is 10.4. The molecule has 9 nitrogen and oxygen atoms in total. The van der Waals surface area contributed by atoms with E-state index in [1.807, 2.05) is 0 Å². The molecule has 0 aliphatic rings. The molecule has 2 aromatic heterocycles. The Balaban J connectivity index is 1.93. The van der Waals surface area contributed by atoms with Gasteiger partial charge in [-0.3, -0.25) is 4.79 Å². The van der Waals surface area contributed by atoms with Crippen molar-refractivity contribution in [2.24, 2.45) is 5.10 Å². The molecule has 20 heavy (non-hydrogen) atoms. The topological polar surface area (TPSA) is 115 Å². The Labute approximate surface area is 117 Å². The van der Waals surface area contributed by atoms with Crippen LogP contribution in [0, 0.1) is 10.1 Å². The molecule has 0 radical (unpaired) electrons. The summed E-state index contributed by atoms with van der Waals surface area (Å²) in [7, 11) is 0. The number of hydrogen-bond acceptors (Lipinski definition) is 7. The zero-order valence-electron chi connectivity index (χ0n) is 10.4. The Morgan fingerprint density at radius 3 is 3.05 bits per heavy atom. The molecule has 0 aliphatic heterocycles. The molecule has 0 unspecified atom stereocenters. The zero-order valence-corrected chi connectivity index (χ0v) is 11.2. The van der Waals surface area contributed by atoms with Crippen molar-refractivity contribution >= 4 is 28.9 Å². The van der Waals surface area contributed by atoms with Crippen molar-refractivity contribution in [1.29, 1.82) is 0 Å². The van der Waals surface area contributed by atoms with Gasteiger partial charge in [0.25, 0.3) is 5.91 Å². The maximum Gasteiger partial charge on any atom is 0.490 e. The predicted octanol–water partition coefficient (Wildman–Crippen LogP) is 1.05. The van der Waals surface area contributed by atoms with Crippen LogP contribution in [0.25, 0.3) is 0 Å². The van der Waals surface area contributed by atoms with Gasteiger partial charge in [0.1, 0.15) is 0 Å². The number of aromatic nitrogens is 3. The van der Waals surface area contributed by atoms with Gasteiger partial charge in [0.2, 0.25) is 6.33 Å². The molecule has 104 valence electrons. The summed E-state index contributed by atoms with van der Waals surface area (Å²) in [6.07, 6.45) is 1.23. The molecule has 0 saturated heterocycles. The number of hydrazone groups is 1. The van der Waals surface area contributed by atoms with Crippen LogP contribution >= 0.6 is 11.3 Å². The monoisotopic (exact) mass is 294 g/mol. The third-order valence-electron chi connectivity index (χ3n) is 2.17. The highest BCUT2D eigenvalue weighted by Crippen LogP contribution is 2.07. The van der Waals surface area contributed by atoms with E-state index in [2.05, 4.69) is 20.6 Å². The molecule has 1 amide bonds. The second-order valence-corrected chi connectivity index (χ2v) is 4.71. The number of nitro groups is 1. The average Bonchev–Trinajstić information content (AvgIpc) is 3.06. The Bertz CT molecular complexity index is 648. The van der Waals surface area contributed by atoms with Crippen LogP contribution in [-0.4, -0.2) is 31.3 Å². The van der Waals surface area contributed by atoms with Crippen LogP contribution in [0.1, 0.15) is 16.6 Å². The Morgan fingerprint density at radius 2 is 2.45 bits per heavy atom. The van der Waals surface area contributed by atoms with Gasteiger partial charge in [0.05, 0.1) is 17.1 Å². The Morgan fingerprint density at radius 1 is 1.65 bits per heavy atom. The van der Waals surface area contributed by atoms with E-state index in [0.29, 0.717) is 10.6 Å². The summed E-state index contributed by atoms with van der Waals surface area (Å²) in [4.78, 5) is 25.4. The normalized spacial score (nSPS) is 11.3. The third-order valence-corrected chi connectivity index (χ3v) is 3.04. The number of nitrogens with zero attached hydrogens (tertiary/aromatic N) is 5. The summed E-state index contributed by atoms with van der Waals surface area (Å²) in [6, 6.07) is 3.45. The number of hydrogen-bond donors (Lipinski definition) is 1. The lowest BCUT2D eigenvalue weighted by Gasteiger charge is -1.99. The van der Waals surface area contributed by atoms with Gasteiger partial charge in [-0.2, -0.15) is 9.78 Å². The smallest absolute Gasteiger partial charge is 0.390 e. The van der Waals surface area contributed by atoms with Gasteiger partial charge in [-0.1, -0.05) is 11.1 Å². The zero-order chi connectivity index (χ0) is 14.5. The van der Waals surface area contributed by atoms with Gasteiger partial charge in [-0.05, 0) is 23.3 Å². The molecular weight excluding hydrogens is 284 g/mol. The molecule has 2 rings (SSSR count). The third kappa shape index (κ3) is 3.45. The molecule has 2 aromatic rings. The van der Waals surface area contributed by atoms with Gasteiger partial charge in [-0.15, -0.1) is 11.3 Å². The standard InChI is InChI=1S/C10H10N6O3S/c1-7(5-15-6-11-10(14-15)16(18)19)12-13-9(17)8-3-2-4-20-8/h2-4,6H,5H2,1H3,(H,13,17). The molecule has 0 aliphatic carbocycles. The fourth-order valence-corrected chi connectivity index (χ4v) is 1.94. The molecule has 0 fully saturated rings. The number of carbonyl (C=O) groups is 1. The van der Waals surface area contributed by atoms with Crippen molar-refractivity contribution in [3.8, 4) is 0 Å². The predicted molar refractivity (Wildman–Crippen MR) is 71.6 cm³/mol. The molecule has 10 heteroatoms. The number of nitrogens with one attached hydrogen (secondary N) is 1. The lowest BCUT2D eigenvalue weighted by molar-refractivity contribution is -0.394. The fourth-order valence-electron chi connectivity index (χ4n) is 1.32. The van der Waals surface area contributed by atoms with Crippen LogP contribution in [0.15, 0.2) is 28.9 Å². The van der Waals surface area contributed by atoms with E-state index in [9.17, 15) is 14.9 Å². The largest absolute Gasteiger partial charge is 0.490 e. The first-order valence-corrected chi connectivity index (χ1v) is 6.35. The highest BCUT2D eigenvalue weighted by Gasteiger charge is 2.13. The summed E-state index contributed by atoms with van der Waals surface area (Å²) in [5.41, 5.74) is 2.94. The van der Waals surface area contributed by atoms with Gasteiger partial charge in [0.15, 0.2) is 0 Å². The molecule has 1 N–H and O–H groups in total. The van der Waals surface area contributed by atoms with E-state index in [1.54, 1.807) is 24.4 Å². The number of amides is 1. The number of carbonyl (C=O) groups excluding carboxylic acids is 1. The van der Waals surface area contributed by atoms with Gasteiger partial charge in [0, 0.05) is 5.10 Å². The van der Waals surface area contributed by atoms with Gasteiger partial charge < -0.3 is 10.1 Å². The Kier molecular flexibility index (Phi) is 4.15. The number of thiophene rings is 1. The molecule has 2 heterocycles. The highest BCUT2D eigenvalue weighted by atomic mass is 32.1. The minimum absolute atomic E-state index is 0.200. The molecule has 0 atom stereocenters. The average molecular weight is 294 g/mol. The van der Waals surface area contributed by atoms with E-state index in [-0.39, 0.29) is 12.5 Å². The number of rotatable bonds is 5. The minimum atomic E-state index is -0.679. The molecule has 0 aromatic carbocycles. The maximum absolute atomic E-state index is 11.6. The quantitative estimate of drug-likeness (QED) is 0.503. The highest BCUT2D eigenvalue weighted by molar-refractivity contribution is 7.12. The van der Waals surface area contributed by atoms with Gasteiger partial charge >= 0.3 is 5.95 Å². The van der Waals surface area contributed by atoms with Crippen LogP contribution in [0.4, 0.5) is 5.95 Å². The van der Waals surface area contributed by atoms with Crippen molar-refractivity contribution in [1.82, 2.24) is 20.2 Å². The Hall–Kier alpha value is -2.62. The first-order chi connectivity index (χ1) is 9.56. The summed E-state index contributed by atoms with van der Waals surface area (Å²) < 4.78 is 1.27. The lowest BCUT2D eigenvalue weighted by Crippen LogP contribution is -2.19. The van der Waals surface area contributed by atoms with Crippen LogP contribution in [0.2, 0.25) is 0 Å². The van der Waals surface area contributed by atoms with Crippen molar-refractivity contribution in [3.63, 3.8) is 0 Å². The fraction of sp³-hybridized carbons (Fsp3) is 0.200. The summed E-state index contributed by atoms with van der Waals surface area (Å²) in [5, 5.41) is 19.8. The van der Waals surface area contributed by atoms with E-state index < -0.39 is 10.9 Å². The first kappa shape index (κ1) is 13.8. The van der Waals surface area contributed by atoms with Crippen molar-refractivity contribution < 1.29 is 9.72 Å². The van der Waals surface area contributed by atoms with E-state index in [0.717, 1.165) is 0 Å². The first-order valence-electron chi connectivity index (χ1n) is 5.47. The molecule has 0 saturated carbocycles. The van der Waals surface area contributed by atoms with Crippen molar-refractivity contribution in [2.75, 3.05) is 0 Å². The van der Waals surface area contributed by atoms with E-state index >= 15 is 0 Å². The van der Waals surface area contributed by atoms with Crippen molar-refractivity contribution in [2.45, 2.75) is 13.5 Å². The molecular formula is C10H10N6O3S. The van der Waals surface area contributed by atoms with Gasteiger partial charge in [-0.25, -0.2) is 5.43 Å². The molecule has 0 bridgehead atoms.